The number of amides is 4. The van der Waals surface area contributed by atoms with E-state index in [9.17, 15) is 45.5 Å². The summed E-state index contributed by atoms with van der Waals surface area (Å²) < 4.78 is 85.4. The average Bonchev–Trinajstić information content (AvgIpc) is 3.42. The zero-order valence-electron chi connectivity index (χ0n) is 27.1. The van der Waals surface area contributed by atoms with Crippen LogP contribution in [0.15, 0.2) is 72.8 Å². The second-order valence-corrected chi connectivity index (χ2v) is 16.2. The average molecular weight is 805 g/mol. The number of alkyl halides is 7. The third-order valence-corrected chi connectivity index (χ3v) is 9.27. The molecule has 0 atom stereocenters. The Labute approximate surface area is 296 Å². The van der Waals surface area contributed by atoms with Gasteiger partial charge in [0.2, 0.25) is 0 Å². The molecule has 258 valence electrons. The summed E-state index contributed by atoms with van der Waals surface area (Å²) in [4.78, 5) is 54.8. The number of hydrogen-bond acceptors (Lipinski definition) is 4. The third kappa shape index (κ3) is 5.88. The van der Waals surface area contributed by atoms with Crippen molar-refractivity contribution in [2.45, 2.75) is 55.9 Å². The smallest absolute Gasteiger partial charge is 0.269 e. The van der Waals surface area contributed by atoms with E-state index in [2.05, 4.69) is 0 Å². The van der Waals surface area contributed by atoms with Crippen LogP contribution in [0, 0.1) is 0 Å². The lowest BCUT2D eigenvalue weighted by molar-refractivity contribution is -0.139. The lowest BCUT2D eigenvalue weighted by atomic mass is 9.90. The Morgan fingerprint density at radius 1 is 0.500 bits per heavy atom. The highest BCUT2D eigenvalue weighted by Crippen LogP contribution is 2.46. The molecule has 2 aliphatic rings. The molecule has 4 aromatic rings. The Morgan fingerprint density at radius 3 is 1.42 bits per heavy atom. The van der Waals surface area contributed by atoms with Crippen molar-refractivity contribution in [3.8, 4) is 22.3 Å². The van der Waals surface area contributed by atoms with Crippen LogP contribution >= 0.6 is 22.6 Å². The number of halogens is 7. The summed E-state index contributed by atoms with van der Waals surface area (Å²) in [7, 11) is 0. The largest absolute Gasteiger partial charge is 0.417 e. The normalized spacial score (nSPS) is 15.3. The zero-order chi connectivity index (χ0) is 36.9. The number of anilines is 1. The van der Waals surface area contributed by atoms with Gasteiger partial charge in [0.25, 0.3) is 23.6 Å². The van der Waals surface area contributed by atoms with Gasteiger partial charge in [0.05, 0.1) is 39.1 Å². The molecule has 0 fully saturated rings. The summed E-state index contributed by atoms with van der Waals surface area (Å²) in [6.07, 6.45) is -10.1. The second kappa shape index (κ2) is 11.5. The van der Waals surface area contributed by atoms with E-state index in [0.717, 1.165) is 29.2 Å². The van der Waals surface area contributed by atoms with Crippen molar-refractivity contribution in [2.24, 2.45) is 0 Å². The van der Waals surface area contributed by atoms with Gasteiger partial charge < -0.3 is 0 Å². The fourth-order valence-electron chi connectivity index (χ4n) is 6.21. The Balaban J connectivity index is 1.39. The van der Waals surface area contributed by atoms with Gasteiger partial charge in [-0.05, 0) is 105 Å². The van der Waals surface area contributed by atoms with Gasteiger partial charge in [0, 0.05) is 8.96 Å². The number of benzene rings is 4. The summed E-state index contributed by atoms with van der Waals surface area (Å²) >= 11 is 1.94. The van der Waals surface area contributed by atoms with E-state index in [1.165, 1.54) is 36.4 Å². The molecule has 0 spiro atoms. The maximum absolute atomic E-state index is 14.5. The van der Waals surface area contributed by atoms with Crippen molar-refractivity contribution in [3.05, 3.63) is 112 Å². The minimum atomic E-state index is -5.16. The minimum Gasteiger partial charge on any atom is -0.269 e. The van der Waals surface area contributed by atoms with Gasteiger partial charge in [-0.25, -0.2) is 4.90 Å². The van der Waals surface area contributed by atoms with Crippen LogP contribution in [-0.4, -0.2) is 34.1 Å². The van der Waals surface area contributed by atoms with E-state index < -0.39 is 72.9 Å². The Hall–Kier alpha value is -4.53. The van der Waals surface area contributed by atoms with Crippen LogP contribution in [0.1, 0.15) is 92.7 Å². The maximum Gasteiger partial charge on any atom is 0.417 e. The highest BCUT2D eigenvalue weighted by Gasteiger charge is 2.44. The van der Waals surface area contributed by atoms with Crippen LogP contribution in [0.2, 0.25) is 0 Å². The van der Waals surface area contributed by atoms with Crippen molar-refractivity contribution in [1.29, 1.82) is 0 Å². The van der Waals surface area contributed by atoms with Gasteiger partial charge in [0.1, 0.15) is 0 Å². The molecule has 13 heteroatoms. The van der Waals surface area contributed by atoms with E-state index >= 15 is 0 Å². The van der Waals surface area contributed by atoms with Crippen LogP contribution in [0.3, 0.4) is 0 Å². The van der Waals surface area contributed by atoms with Crippen LogP contribution in [0.5, 0.6) is 0 Å². The van der Waals surface area contributed by atoms with Crippen molar-refractivity contribution >= 4 is 51.9 Å². The number of fused-ring (bicyclic) bond motifs is 2. The second-order valence-electron chi connectivity index (χ2n) is 13.5. The van der Waals surface area contributed by atoms with Gasteiger partial charge in [-0.1, -0.05) is 52.9 Å². The maximum atomic E-state index is 14.5. The van der Waals surface area contributed by atoms with Crippen LogP contribution in [0.4, 0.5) is 32.0 Å². The molecule has 2 heterocycles. The molecular weight excluding hydrogens is 777 g/mol. The molecule has 0 radical (unpaired) electrons. The first-order valence-corrected chi connectivity index (χ1v) is 16.3. The van der Waals surface area contributed by atoms with Gasteiger partial charge >= 0.3 is 12.4 Å². The van der Waals surface area contributed by atoms with Crippen molar-refractivity contribution in [2.75, 3.05) is 4.90 Å². The molecule has 0 saturated carbocycles. The predicted molar refractivity (Wildman–Crippen MR) is 182 cm³/mol. The van der Waals surface area contributed by atoms with Gasteiger partial charge in [-0.2, -0.15) is 26.3 Å². The number of imide groups is 2. The number of rotatable bonds is 4. The lowest BCUT2D eigenvalue weighted by Gasteiger charge is -2.29. The molecule has 50 heavy (non-hydrogen) atoms. The third-order valence-electron chi connectivity index (χ3n) is 8.65. The molecule has 6 nitrogen and oxygen atoms in total. The van der Waals surface area contributed by atoms with E-state index in [-0.39, 0.29) is 27.8 Å². The molecule has 0 aromatic heterocycles. The lowest BCUT2D eigenvalue weighted by Crippen LogP contribution is -2.45. The fourth-order valence-corrected chi connectivity index (χ4v) is 6.54. The standard InChI is InChI=1S/C37H27F6IN2O4/c1-34(2,3)46-32(49)25-11-7-19(15-27(25)33(46)50)18-6-10-24-26(14-18)31(48)45(30(24)47)21-9-13-23(29(17-21)37(41,42)43)22-12-8-20(35(4,5)44)16-28(22)36(38,39)40/h6-17H,1-5H3. The van der Waals surface area contributed by atoms with Crippen molar-refractivity contribution in [1.82, 2.24) is 4.90 Å². The summed E-state index contributed by atoms with van der Waals surface area (Å²) in [5.41, 5.74) is -4.18. The molecule has 0 saturated heterocycles. The molecule has 6 rings (SSSR count). The molecular formula is C37H27F6IN2O4. The summed E-state index contributed by atoms with van der Waals surface area (Å²) in [5.74, 6) is -2.80. The van der Waals surface area contributed by atoms with E-state index in [1.54, 1.807) is 40.7 Å². The van der Waals surface area contributed by atoms with Crippen LogP contribution < -0.4 is 4.90 Å². The molecule has 0 unspecified atom stereocenters. The SMILES string of the molecule is CC(C)(I)c1ccc(-c2ccc(N3C(=O)c4ccc(-c5ccc6c(c5)C(=O)N(C(C)(C)C)C6=O)cc4C3=O)cc2C(F)(F)F)c(C(F)(F)F)c1. The van der Waals surface area contributed by atoms with Gasteiger partial charge in [-0.15, -0.1) is 0 Å². The summed E-state index contributed by atoms with van der Waals surface area (Å²) in [6, 6.07) is 14.3. The first kappa shape index (κ1) is 35.3. The number of hydrogen-bond donors (Lipinski definition) is 0. The monoisotopic (exact) mass is 804 g/mol. The first-order valence-electron chi connectivity index (χ1n) is 15.2. The fraction of sp³-hybridized carbons (Fsp3) is 0.243. The quantitative estimate of drug-likeness (QED) is 0.0892. The molecule has 4 aromatic carbocycles. The summed E-state index contributed by atoms with van der Waals surface area (Å²) in [6.45, 7) is 8.50. The van der Waals surface area contributed by atoms with Crippen molar-refractivity contribution in [3.63, 3.8) is 0 Å². The van der Waals surface area contributed by atoms with E-state index in [1.807, 2.05) is 22.6 Å². The Bertz CT molecular complexity index is 2160. The molecule has 2 aliphatic heterocycles. The number of carbonyl (C=O) groups excluding carboxylic acids is 4. The Morgan fingerprint density at radius 2 is 0.920 bits per heavy atom. The topological polar surface area (TPSA) is 74.8 Å². The zero-order valence-corrected chi connectivity index (χ0v) is 29.3. The highest BCUT2D eigenvalue weighted by molar-refractivity contribution is 14.1. The molecule has 0 bridgehead atoms. The minimum absolute atomic E-state index is 0.0981. The Kier molecular flexibility index (Phi) is 8.12. The van der Waals surface area contributed by atoms with Crippen LogP contribution in [0.25, 0.3) is 22.3 Å². The number of nitrogens with zero attached hydrogens (tertiary/aromatic N) is 2. The van der Waals surface area contributed by atoms with Gasteiger partial charge in [-0.3, -0.25) is 24.1 Å². The van der Waals surface area contributed by atoms with E-state index in [4.69, 9.17) is 0 Å². The predicted octanol–water partition coefficient (Wildman–Crippen LogP) is 9.92. The molecule has 0 N–H and O–H groups in total. The number of carbonyl (C=O) groups is 4. The van der Waals surface area contributed by atoms with E-state index in [0.29, 0.717) is 22.1 Å². The molecule has 0 aliphatic carbocycles. The first-order chi connectivity index (χ1) is 23.0. The highest BCUT2D eigenvalue weighted by atomic mass is 127. The molecule has 4 amide bonds. The van der Waals surface area contributed by atoms with Crippen molar-refractivity contribution < 1.29 is 45.5 Å². The van der Waals surface area contributed by atoms with Crippen LogP contribution in [-0.2, 0) is 15.8 Å². The van der Waals surface area contributed by atoms with Gasteiger partial charge in [0.15, 0.2) is 0 Å². The summed E-state index contributed by atoms with van der Waals surface area (Å²) in [5, 5.41) is 0.